The number of rotatable bonds is 4. The number of likely N-dealkylation sites (N-methyl/N-ethyl adjacent to an activating group) is 1. The Balaban J connectivity index is 2.06. The maximum Gasteiger partial charge on any atom is 0.367 e. The second-order valence-corrected chi connectivity index (χ2v) is 6.33. The normalized spacial score (nSPS) is 21.9. The first-order chi connectivity index (χ1) is 9.93. The van der Waals surface area contributed by atoms with Crippen LogP contribution >= 0.6 is 11.3 Å². The number of carbonyl (C=O) groups excluding carboxylic acids is 2. The van der Waals surface area contributed by atoms with Gasteiger partial charge in [0.2, 0.25) is 5.01 Å². The molecule has 1 saturated heterocycles. The zero-order valence-corrected chi connectivity index (χ0v) is 13.6. The quantitative estimate of drug-likeness (QED) is 0.785. The highest BCUT2D eigenvalue weighted by atomic mass is 32.1. The predicted molar refractivity (Wildman–Crippen MR) is 80.6 cm³/mol. The lowest BCUT2D eigenvalue weighted by molar-refractivity contribution is 0.0526. The average molecular weight is 311 g/mol. The first-order valence-corrected chi connectivity index (χ1v) is 7.90. The highest BCUT2D eigenvalue weighted by molar-refractivity contribution is 7.11. The Morgan fingerprint density at radius 3 is 2.76 bits per heavy atom. The number of aromatic nitrogens is 1. The van der Waals surface area contributed by atoms with Gasteiger partial charge in [-0.1, -0.05) is 6.92 Å². The molecule has 0 saturated carbocycles. The number of hydrogen-bond donors (Lipinski definition) is 0. The van der Waals surface area contributed by atoms with Crippen LogP contribution in [0.4, 0.5) is 0 Å². The van der Waals surface area contributed by atoms with E-state index in [2.05, 4.69) is 16.8 Å². The topological polar surface area (TPSA) is 62.7 Å². The number of esters is 1. The van der Waals surface area contributed by atoms with Gasteiger partial charge >= 0.3 is 5.97 Å². The molecule has 1 aliphatic heterocycles. The van der Waals surface area contributed by atoms with Crippen molar-refractivity contribution in [2.24, 2.45) is 5.92 Å². The van der Waals surface area contributed by atoms with E-state index < -0.39 is 5.97 Å². The van der Waals surface area contributed by atoms with Gasteiger partial charge in [0.1, 0.15) is 5.69 Å². The van der Waals surface area contributed by atoms with Crippen molar-refractivity contribution in [3.05, 3.63) is 16.1 Å². The van der Waals surface area contributed by atoms with Crippen molar-refractivity contribution in [2.45, 2.75) is 19.9 Å². The van der Waals surface area contributed by atoms with Gasteiger partial charge in [-0.05, 0) is 26.9 Å². The van der Waals surface area contributed by atoms with E-state index in [4.69, 9.17) is 4.74 Å². The van der Waals surface area contributed by atoms with E-state index in [1.54, 1.807) is 17.2 Å². The van der Waals surface area contributed by atoms with E-state index >= 15 is 0 Å². The zero-order valence-electron chi connectivity index (χ0n) is 12.8. The summed E-state index contributed by atoms with van der Waals surface area (Å²) >= 11 is 1.15. The molecule has 0 aliphatic carbocycles. The molecule has 0 aromatic carbocycles. The summed E-state index contributed by atoms with van der Waals surface area (Å²) in [5.41, 5.74) is 0.328. The first-order valence-electron chi connectivity index (χ1n) is 7.02. The lowest BCUT2D eigenvalue weighted by Crippen LogP contribution is -2.35. The largest absolute Gasteiger partial charge is 0.461 e. The smallest absolute Gasteiger partial charge is 0.367 e. The third-order valence-electron chi connectivity index (χ3n) is 3.70. The molecule has 0 radical (unpaired) electrons. The Morgan fingerprint density at radius 2 is 2.19 bits per heavy atom. The van der Waals surface area contributed by atoms with Crippen LogP contribution in [0.5, 0.6) is 0 Å². The van der Waals surface area contributed by atoms with Gasteiger partial charge < -0.3 is 14.5 Å². The molecule has 0 bridgehead atoms. The Hall–Kier alpha value is -1.47. The van der Waals surface area contributed by atoms with Crippen LogP contribution in [0.3, 0.4) is 0 Å². The molecule has 1 aromatic rings. The minimum absolute atomic E-state index is 0.113. The maximum atomic E-state index is 12.5. The summed E-state index contributed by atoms with van der Waals surface area (Å²) in [4.78, 5) is 32.1. The molecule has 1 aliphatic rings. The van der Waals surface area contributed by atoms with Gasteiger partial charge in [0.05, 0.1) is 6.61 Å². The molecule has 2 heterocycles. The number of amides is 1. The average Bonchev–Trinajstić information content (AvgIpc) is 3.04. The zero-order chi connectivity index (χ0) is 15.6. The predicted octanol–water partition coefficient (Wildman–Crippen LogP) is 1.34. The number of carbonyl (C=O) groups is 2. The van der Waals surface area contributed by atoms with Crippen LogP contribution in [-0.2, 0) is 4.74 Å². The van der Waals surface area contributed by atoms with Gasteiger partial charge in [-0.25, -0.2) is 9.78 Å². The summed E-state index contributed by atoms with van der Waals surface area (Å²) in [5, 5.41) is 1.86. The van der Waals surface area contributed by atoms with Crippen molar-refractivity contribution in [3.8, 4) is 0 Å². The summed E-state index contributed by atoms with van der Waals surface area (Å²) in [5.74, 6) is -0.160. The molecular formula is C14H21N3O3S. The van der Waals surface area contributed by atoms with Gasteiger partial charge in [0.15, 0.2) is 0 Å². The van der Waals surface area contributed by atoms with E-state index in [0.29, 0.717) is 37.4 Å². The van der Waals surface area contributed by atoms with Crippen molar-refractivity contribution in [1.29, 1.82) is 0 Å². The summed E-state index contributed by atoms with van der Waals surface area (Å²) in [6.07, 6.45) is 0. The van der Waals surface area contributed by atoms with Gasteiger partial charge in [-0.15, -0.1) is 11.3 Å². The molecule has 1 aromatic heterocycles. The highest BCUT2D eigenvalue weighted by Gasteiger charge is 2.34. The van der Waals surface area contributed by atoms with Crippen LogP contribution in [-0.4, -0.2) is 66.5 Å². The summed E-state index contributed by atoms with van der Waals surface area (Å²) in [7, 11) is 4.05. The van der Waals surface area contributed by atoms with E-state index in [9.17, 15) is 9.59 Å². The Kier molecular flexibility index (Phi) is 4.95. The van der Waals surface area contributed by atoms with Crippen molar-refractivity contribution >= 4 is 23.2 Å². The second kappa shape index (κ2) is 6.53. The lowest BCUT2D eigenvalue weighted by atomic mass is 10.1. The molecule has 2 unspecified atom stereocenters. The molecule has 1 fully saturated rings. The van der Waals surface area contributed by atoms with Crippen LogP contribution in [0.25, 0.3) is 0 Å². The molecule has 21 heavy (non-hydrogen) atoms. The number of likely N-dealkylation sites (tertiary alicyclic amines) is 1. The van der Waals surface area contributed by atoms with Crippen LogP contribution in [0.15, 0.2) is 5.38 Å². The standard InChI is InChI=1S/C14H21N3O3S/c1-5-20-14(19)12-15-10(8-21-12)13(18)17-6-9(2)11(7-17)16(3)4/h8-9,11H,5-7H2,1-4H3. The summed E-state index contributed by atoms with van der Waals surface area (Å²) < 4.78 is 4.89. The molecule has 0 N–H and O–H groups in total. The number of thiazole rings is 1. The Bertz CT molecular complexity index is 529. The minimum Gasteiger partial charge on any atom is -0.461 e. The third-order valence-corrected chi connectivity index (χ3v) is 4.52. The second-order valence-electron chi connectivity index (χ2n) is 5.48. The van der Waals surface area contributed by atoms with Gasteiger partial charge in [-0.2, -0.15) is 0 Å². The van der Waals surface area contributed by atoms with Crippen molar-refractivity contribution in [1.82, 2.24) is 14.8 Å². The number of ether oxygens (including phenoxy) is 1. The highest BCUT2D eigenvalue weighted by Crippen LogP contribution is 2.22. The molecule has 1 amide bonds. The summed E-state index contributed by atoms with van der Waals surface area (Å²) in [6, 6.07) is 0.358. The fourth-order valence-electron chi connectivity index (χ4n) is 2.61. The number of nitrogens with zero attached hydrogens (tertiary/aromatic N) is 3. The monoisotopic (exact) mass is 311 g/mol. The lowest BCUT2D eigenvalue weighted by Gasteiger charge is -2.22. The Morgan fingerprint density at radius 1 is 1.48 bits per heavy atom. The van der Waals surface area contributed by atoms with E-state index in [0.717, 1.165) is 11.3 Å². The molecule has 2 rings (SSSR count). The van der Waals surface area contributed by atoms with E-state index in [1.165, 1.54) is 0 Å². The molecular weight excluding hydrogens is 290 g/mol. The molecule has 2 atom stereocenters. The SMILES string of the molecule is CCOC(=O)c1nc(C(=O)N2CC(C)C(N(C)C)C2)cs1. The maximum absolute atomic E-state index is 12.5. The minimum atomic E-state index is -0.470. The molecule has 6 nitrogen and oxygen atoms in total. The van der Waals surface area contributed by atoms with Gasteiger partial charge in [0, 0.05) is 24.5 Å². The third kappa shape index (κ3) is 3.41. The van der Waals surface area contributed by atoms with Gasteiger partial charge in [0.25, 0.3) is 5.91 Å². The fourth-order valence-corrected chi connectivity index (χ4v) is 3.29. The van der Waals surface area contributed by atoms with Crippen LogP contribution in [0.2, 0.25) is 0 Å². The van der Waals surface area contributed by atoms with E-state index in [1.807, 2.05) is 14.1 Å². The van der Waals surface area contributed by atoms with Crippen LogP contribution in [0, 0.1) is 5.92 Å². The van der Waals surface area contributed by atoms with Crippen LogP contribution in [0.1, 0.15) is 34.1 Å². The van der Waals surface area contributed by atoms with Crippen molar-refractivity contribution < 1.29 is 14.3 Å². The van der Waals surface area contributed by atoms with Crippen molar-refractivity contribution in [2.75, 3.05) is 33.8 Å². The van der Waals surface area contributed by atoms with Crippen molar-refractivity contribution in [3.63, 3.8) is 0 Å². The molecule has 0 spiro atoms. The summed E-state index contributed by atoms with van der Waals surface area (Å²) in [6.45, 7) is 5.59. The van der Waals surface area contributed by atoms with Gasteiger partial charge in [-0.3, -0.25) is 4.79 Å². The van der Waals surface area contributed by atoms with Crippen LogP contribution < -0.4 is 0 Å². The van der Waals surface area contributed by atoms with E-state index in [-0.39, 0.29) is 10.9 Å². The Labute approximate surface area is 128 Å². The molecule has 7 heteroatoms. The fraction of sp³-hybridized carbons (Fsp3) is 0.643. The number of hydrogen-bond acceptors (Lipinski definition) is 6. The molecule has 116 valence electrons. The first kappa shape index (κ1) is 15.9.